The molecule has 0 bridgehead atoms. The number of carbonyl (C=O) groups excluding carboxylic acids is 1. The van der Waals surface area contributed by atoms with Crippen molar-refractivity contribution >= 4 is 21.6 Å². The second-order valence-corrected chi connectivity index (χ2v) is 8.07. The van der Waals surface area contributed by atoms with Crippen LogP contribution in [0, 0.1) is 5.92 Å². The van der Waals surface area contributed by atoms with Crippen LogP contribution < -0.4 is 11.1 Å². The molecule has 2 heterocycles. The third kappa shape index (κ3) is 4.17. The number of aromatic nitrogens is 1. The summed E-state index contributed by atoms with van der Waals surface area (Å²) < 4.78 is 22.8. The van der Waals surface area contributed by atoms with Gasteiger partial charge in [0.1, 0.15) is 5.82 Å². The van der Waals surface area contributed by atoms with Gasteiger partial charge in [-0.1, -0.05) is 13.8 Å². The van der Waals surface area contributed by atoms with E-state index in [9.17, 15) is 13.2 Å². The predicted molar refractivity (Wildman–Crippen MR) is 81.8 cm³/mol. The lowest BCUT2D eigenvalue weighted by Crippen LogP contribution is -2.30. The fourth-order valence-electron chi connectivity index (χ4n) is 2.37. The molecule has 0 aliphatic carbocycles. The zero-order chi connectivity index (χ0) is 15.6. The number of carbonyl (C=O) groups is 1. The van der Waals surface area contributed by atoms with E-state index in [1.807, 2.05) is 13.8 Å². The molecule has 1 aromatic rings. The molecule has 1 atom stereocenters. The Bertz CT molecular complexity index is 641. The molecule has 1 amide bonds. The standard InChI is InChI=1S/C14H21N3O3S/c1-9(2)12-5-11(6-13(15)17-12)14(18)16-7-10-3-4-21(19,20)8-10/h5-6,9-10H,3-4,7-8H2,1-2H3,(H2,15,17)(H,16,18). The smallest absolute Gasteiger partial charge is 0.251 e. The first kappa shape index (κ1) is 15.8. The lowest BCUT2D eigenvalue weighted by atomic mass is 10.1. The number of pyridine rings is 1. The summed E-state index contributed by atoms with van der Waals surface area (Å²) in [6.07, 6.45) is 0.609. The first-order valence-electron chi connectivity index (χ1n) is 7.03. The number of amides is 1. The van der Waals surface area contributed by atoms with Crippen molar-refractivity contribution in [2.75, 3.05) is 23.8 Å². The highest BCUT2D eigenvalue weighted by Gasteiger charge is 2.28. The van der Waals surface area contributed by atoms with Gasteiger partial charge in [0.15, 0.2) is 9.84 Å². The maximum Gasteiger partial charge on any atom is 0.251 e. The summed E-state index contributed by atoms with van der Waals surface area (Å²) in [6.45, 7) is 4.33. The van der Waals surface area contributed by atoms with Gasteiger partial charge in [0, 0.05) is 17.8 Å². The average Bonchev–Trinajstić information content (AvgIpc) is 2.74. The summed E-state index contributed by atoms with van der Waals surface area (Å²) in [7, 11) is -2.91. The van der Waals surface area contributed by atoms with E-state index in [0.29, 0.717) is 24.3 Å². The van der Waals surface area contributed by atoms with Gasteiger partial charge < -0.3 is 11.1 Å². The number of sulfone groups is 1. The molecule has 7 heteroatoms. The van der Waals surface area contributed by atoms with Gasteiger partial charge in [-0.2, -0.15) is 0 Å². The Hall–Kier alpha value is -1.63. The van der Waals surface area contributed by atoms with Crippen LogP contribution in [0.4, 0.5) is 5.82 Å². The largest absolute Gasteiger partial charge is 0.384 e. The summed E-state index contributed by atoms with van der Waals surface area (Å²) in [4.78, 5) is 16.3. The molecule has 0 radical (unpaired) electrons. The summed E-state index contributed by atoms with van der Waals surface area (Å²) in [5.41, 5.74) is 6.95. The quantitative estimate of drug-likeness (QED) is 0.862. The van der Waals surface area contributed by atoms with Crippen molar-refractivity contribution in [1.29, 1.82) is 0 Å². The van der Waals surface area contributed by atoms with Gasteiger partial charge in [-0.15, -0.1) is 0 Å². The van der Waals surface area contributed by atoms with Gasteiger partial charge in [0.2, 0.25) is 0 Å². The first-order valence-corrected chi connectivity index (χ1v) is 8.85. The van der Waals surface area contributed by atoms with E-state index in [1.54, 1.807) is 6.07 Å². The highest BCUT2D eigenvalue weighted by Crippen LogP contribution is 2.18. The van der Waals surface area contributed by atoms with Crippen LogP contribution in [0.25, 0.3) is 0 Å². The van der Waals surface area contributed by atoms with Crippen LogP contribution in [0.1, 0.15) is 42.2 Å². The topological polar surface area (TPSA) is 102 Å². The zero-order valence-corrected chi connectivity index (χ0v) is 13.1. The Morgan fingerprint density at radius 2 is 2.19 bits per heavy atom. The Morgan fingerprint density at radius 3 is 2.76 bits per heavy atom. The molecule has 1 saturated heterocycles. The van der Waals surface area contributed by atoms with Crippen molar-refractivity contribution in [2.45, 2.75) is 26.2 Å². The lowest BCUT2D eigenvalue weighted by Gasteiger charge is -2.12. The molecule has 0 saturated carbocycles. The van der Waals surface area contributed by atoms with E-state index in [-0.39, 0.29) is 29.2 Å². The van der Waals surface area contributed by atoms with Crippen molar-refractivity contribution < 1.29 is 13.2 Å². The van der Waals surface area contributed by atoms with E-state index in [4.69, 9.17) is 5.73 Å². The third-order valence-electron chi connectivity index (χ3n) is 3.60. The highest BCUT2D eigenvalue weighted by molar-refractivity contribution is 7.91. The van der Waals surface area contributed by atoms with Crippen LogP contribution in [-0.4, -0.2) is 37.4 Å². The second-order valence-electron chi connectivity index (χ2n) is 5.84. The normalized spacial score (nSPS) is 20.6. The fraction of sp³-hybridized carbons (Fsp3) is 0.571. The monoisotopic (exact) mass is 311 g/mol. The minimum absolute atomic E-state index is 0.00250. The van der Waals surface area contributed by atoms with Crippen molar-refractivity contribution in [3.8, 4) is 0 Å². The Labute approximate surface area is 125 Å². The van der Waals surface area contributed by atoms with E-state index >= 15 is 0 Å². The Kier molecular flexibility index (Phi) is 4.51. The van der Waals surface area contributed by atoms with Gasteiger partial charge in [-0.05, 0) is 30.4 Å². The highest BCUT2D eigenvalue weighted by atomic mass is 32.2. The van der Waals surface area contributed by atoms with Gasteiger partial charge >= 0.3 is 0 Å². The average molecular weight is 311 g/mol. The number of nitrogens with one attached hydrogen (secondary N) is 1. The molecule has 0 aromatic carbocycles. The van der Waals surface area contributed by atoms with E-state index < -0.39 is 9.84 Å². The van der Waals surface area contributed by atoms with E-state index in [2.05, 4.69) is 10.3 Å². The van der Waals surface area contributed by atoms with Gasteiger partial charge in [0.05, 0.1) is 11.5 Å². The number of anilines is 1. The summed E-state index contributed by atoms with van der Waals surface area (Å²) in [6, 6.07) is 3.26. The summed E-state index contributed by atoms with van der Waals surface area (Å²) in [5, 5.41) is 2.79. The van der Waals surface area contributed by atoms with Crippen LogP contribution in [0.15, 0.2) is 12.1 Å². The number of nitrogens with zero attached hydrogens (tertiary/aromatic N) is 1. The number of rotatable bonds is 4. The van der Waals surface area contributed by atoms with E-state index in [1.165, 1.54) is 6.07 Å². The Balaban J connectivity index is 2.01. The van der Waals surface area contributed by atoms with Crippen molar-refractivity contribution in [2.24, 2.45) is 5.92 Å². The predicted octanol–water partition coefficient (Wildman–Crippen LogP) is 0.952. The lowest BCUT2D eigenvalue weighted by molar-refractivity contribution is 0.0948. The third-order valence-corrected chi connectivity index (χ3v) is 5.43. The molecule has 1 aliphatic rings. The zero-order valence-electron chi connectivity index (χ0n) is 12.3. The van der Waals surface area contributed by atoms with Crippen LogP contribution in [0.2, 0.25) is 0 Å². The number of nitrogens with two attached hydrogens (primary N) is 1. The molecule has 0 spiro atoms. The van der Waals surface area contributed by atoms with E-state index in [0.717, 1.165) is 5.69 Å². The van der Waals surface area contributed by atoms with Gasteiger partial charge in [-0.25, -0.2) is 13.4 Å². The molecular weight excluding hydrogens is 290 g/mol. The number of hydrogen-bond donors (Lipinski definition) is 2. The van der Waals surface area contributed by atoms with Crippen LogP contribution in [0.5, 0.6) is 0 Å². The van der Waals surface area contributed by atoms with Crippen molar-refractivity contribution in [3.63, 3.8) is 0 Å². The molecule has 116 valence electrons. The fourth-order valence-corrected chi connectivity index (χ4v) is 4.23. The molecule has 6 nitrogen and oxygen atoms in total. The molecule has 1 aliphatic heterocycles. The van der Waals surface area contributed by atoms with Crippen molar-refractivity contribution in [3.05, 3.63) is 23.4 Å². The molecule has 1 fully saturated rings. The molecule has 2 rings (SSSR count). The van der Waals surface area contributed by atoms with Gasteiger partial charge in [-0.3, -0.25) is 4.79 Å². The second kappa shape index (κ2) is 6.01. The maximum atomic E-state index is 12.1. The molecule has 1 unspecified atom stereocenters. The first-order chi connectivity index (χ1) is 9.77. The molecule has 1 aromatic heterocycles. The minimum Gasteiger partial charge on any atom is -0.384 e. The van der Waals surface area contributed by atoms with Gasteiger partial charge in [0.25, 0.3) is 5.91 Å². The number of hydrogen-bond acceptors (Lipinski definition) is 5. The van der Waals surface area contributed by atoms with Crippen LogP contribution >= 0.6 is 0 Å². The maximum absolute atomic E-state index is 12.1. The van der Waals surface area contributed by atoms with Crippen LogP contribution in [0.3, 0.4) is 0 Å². The molecule has 21 heavy (non-hydrogen) atoms. The van der Waals surface area contributed by atoms with Crippen LogP contribution in [-0.2, 0) is 9.84 Å². The minimum atomic E-state index is -2.91. The summed E-state index contributed by atoms with van der Waals surface area (Å²) >= 11 is 0. The SMILES string of the molecule is CC(C)c1cc(C(=O)NCC2CCS(=O)(=O)C2)cc(N)n1. The van der Waals surface area contributed by atoms with Crippen molar-refractivity contribution in [1.82, 2.24) is 10.3 Å². The number of nitrogen functional groups attached to an aromatic ring is 1. The molecular formula is C14H21N3O3S. The Morgan fingerprint density at radius 1 is 1.48 bits per heavy atom. The summed E-state index contributed by atoms with van der Waals surface area (Å²) in [5.74, 6) is 0.629. The molecule has 3 N–H and O–H groups in total.